The highest BCUT2D eigenvalue weighted by atomic mass is 32.2. The number of ether oxygens (including phenoxy) is 1. The van der Waals surface area contributed by atoms with Crippen LogP contribution in [0, 0.1) is 0 Å². The van der Waals surface area contributed by atoms with Gasteiger partial charge in [-0.3, -0.25) is 9.97 Å². The molecule has 0 aliphatic rings. The van der Waals surface area contributed by atoms with Crippen molar-refractivity contribution in [3.05, 3.63) is 48.0 Å². The SMILES string of the molecule is CCOc1ccc(S(=O)(=O)N(C)Cc2cnccn2)cc1C(=O)O. The van der Waals surface area contributed by atoms with Gasteiger partial charge >= 0.3 is 5.97 Å². The van der Waals surface area contributed by atoms with Crippen molar-refractivity contribution in [1.29, 1.82) is 0 Å². The topological polar surface area (TPSA) is 110 Å². The summed E-state index contributed by atoms with van der Waals surface area (Å²) in [7, 11) is -2.49. The second-order valence-electron chi connectivity index (χ2n) is 4.85. The van der Waals surface area contributed by atoms with Gasteiger partial charge in [-0.25, -0.2) is 13.2 Å². The molecule has 2 rings (SSSR count). The lowest BCUT2D eigenvalue weighted by molar-refractivity contribution is 0.0692. The van der Waals surface area contributed by atoms with Crippen molar-refractivity contribution in [2.75, 3.05) is 13.7 Å². The predicted octanol–water partition coefficient (Wildman–Crippen LogP) is 1.39. The molecule has 2 aromatic rings. The van der Waals surface area contributed by atoms with Crippen LogP contribution in [0.1, 0.15) is 23.0 Å². The third kappa shape index (κ3) is 3.87. The van der Waals surface area contributed by atoms with Gasteiger partial charge in [0.15, 0.2) is 0 Å². The fraction of sp³-hybridized carbons (Fsp3) is 0.267. The molecule has 1 aromatic heterocycles. The number of benzene rings is 1. The molecule has 128 valence electrons. The molecule has 0 aliphatic heterocycles. The first-order valence-corrected chi connectivity index (χ1v) is 8.51. The molecule has 0 spiro atoms. The summed E-state index contributed by atoms with van der Waals surface area (Å²) in [6, 6.07) is 3.76. The zero-order valence-electron chi connectivity index (χ0n) is 13.2. The number of carboxylic acids is 1. The van der Waals surface area contributed by atoms with Gasteiger partial charge in [0.25, 0.3) is 0 Å². The normalized spacial score (nSPS) is 11.5. The van der Waals surface area contributed by atoms with Crippen LogP contribution in [-0.4, -0.2) is 47.4 Å². The van der Waals surface area contributed by atoms with Crippen LogP contribution in [0.15, 0.2) is 41.7 Å². The maximum Gasteiger partial charge on any atom is 0.339 e. The molecule has 0 atom stereocenters. The van der Waals surface area contributed by atoms with Crippen molar-refractivity contribution in [3.8, 4) is 5.75 Å². The van der Waals surface area contributed by atoms with E-state index in [2.05, 4.69) is 9.97 Å². The van der Waals surface area contributed by atoms with Crippen LogP contribution in [0.4, 0.5) is 0 Å². The Morgan fingerprint density at radius 2 is 2.08 bits per heavy atom. The molecule has 0 unspecified atom stereocenters. The maximum absolute atomic E-state index is 12.6. The summed E-state index contributed by atoms with van der Waals surface area (Å²) in [5.74, 6) is -1.13. The summed E-state index contributed by atoms with van der Waals surface area (Å²) in [6.07, 6.45) is 4.42. The Hall–Kier alpha value is -2.52. The summed E-state index contributed by atoms with van der Waals surface area (Å²) in [4.78, 5) is 19.1. The largest absolute Gasteiger partial charge is 0.493 e. The Bertz CT molecular complexity index is 824. The molecule has 1 heterocycles. The predicted molar refractivity (Wildman–Crippen MR) is 85.3 cm³/mol. The Morgan fingerprint density at radius 3 is 2.67 bits per heavy atom. The molecule has 0 fully saturated rings. The van der Waals surface area contributed by atoms with Gasteiger partial charge in [-0.15, -0.1) is 0 Å². The van der Waals surface area contributed by atoms with E-state index in [1.165, 1.54) is 37.8 Å². The summed E-state index contributed by atoms with van der Waals surface area (Å²) in [5.41, 5.74) is 0.277. The van der Waals surface area contributed by atoms with Gasteiger partial charge in [0.1, 0.15) is 11.3 Å². The van der Waals surface area contributed by atoms with E-state index in [0.717, 1.165) is 10.4 Å². The number of sulfonamides is 1. The quantitative estimate of drug-likeness (QED) is 0.802. The van der Waals surface area contributed by atoms with Gasteiger partial charge in [0, 0.05) is 25.6 Å². The molecular weight excluding hydrogens is 334 g/mol. The molecule has 0 bridgehead atoms. The molecule has 8 nitrogen and oxygen atoms in total. The van der Waals surface area contributed by atoms with E-state index in [1.807, 2.05) is 0 Å². The molecule has 1 aromatic carbocycles. The number of aromatic carboxylic acids is 1. The first-order chi connectivity index (χ1) is 11.4. The second-order valence-corrected chi connectivity index (χ2v) is 6.90. The Balaban J connectivity index is 2.34. The van der Waals surface area contributed by atoms with Crippen LogP contribution in [0.2, 0.25) is 0 Å². The maximum atomic E-state index is 12.6. The van der Waals surface area contributed by atoms with Crippen LogP contribution >= 0.6 is 0 Å². The van der Waals surface area contributed by atoms with Crippen LogP contribution in [0.25, 0.3) is 0 Å². The summed E-state index contributed by atoms with van der Waals surface area (Å²) in [6.45, 7) is 2.01. The number of nitrogens with zero attached hydrogens (tertiary/aromatic N) is 3. The monoisotopic (exact) mass is 351 g/mol. The second kappa shape index (κ2) is 7.37. The highest BCUT2D eigenvalue weighted by Gasteiger charge is 2.24. The average molecular weight is 351 g/mol. The third-order valence-electron chi connectivity index (χ3n) is 3.19. The molecule has 0 amide bonds. The van der Waals surface area contributed by atoms with Crippen molar-refractivity contribution in [2.24, 2.45) is 0 Å². The van der Waals surface area contributed by atoms with Gasteiger partial charge in [-0.05, 0) is 25.1 Å². The van der Waals surface area contributed by atoms with E-state index in [-0.39, 0.29) is 29.4 Å². The number of aromatic nitrogens is 2. The van der Waals surface area contributed by atoms with E-state index in [1.54, 1.807) is 6.92 Å². The molecule has 0 radical (unpaired) electrons. The lowest BCUT2D eigenvalue weighted by atomic mass is 10.2. The Kier molecular flexibility index (Phi) is 5.47. The minimum absolute atomic E-state index is 0.0196. The number of hydrogen-bond acceptors (Lipinski definition) is 6. The zero-order valence-corrected chi connectivity index (χ0v) is 14.0. The number of rotatable bonds is 7. The van der Waals surface area contributed by atoms with Crippen molar-refractivity contribution >= 4 is 16.0 Å². The van der Waals surface area contributed by atoms with Crippen LogP contribution in [-0.2, 0) is 16.6 Å². The number of hydrogen-bond donors (Lipinski definition) is 1. The molecule has 1 N–H and O–H groups in total. The molecule has 9 heteroatoms. The molecular formula is C15H17N3O5S. The van der Waals surface area contributed by atoms with E-state index in [9.17, 15) is 18.3 Å². The van der Waals surface area contributed by atoms with E-state index < -0.39 is 16.0 Å². The van der Waals surface area contributed by atoms with Crippen LogP contribution < -0.4 is 4.74 Å². The Morgan fingerprint density at radius 1 is 1.33 bits per heavy atom. The minimum atomic E-state index is -3.88. The molecule has 0 saturated carbocycles. The Labute approximate surface area is 139 Å². The highest BCUT2D eigenvalue weighted by Crippen LogP contribution is 2.25. The lowest BCUT2D eigenvalue weighted by Gasteiger charge is -2.17. The van der Waals surface area contributed by atoms with Gasteiger partial charge in [0.2, 0.25) is 10.0 Å². The first-order valence-electron chi connectivity index (χ1n) is 7.07. The summed E-state index contributed by atoms with van der Waals surface area (Å²) < 4.78 is 31.5. The van der Waals surface area contributed by atoms with Crippen molar-refractivity contribution in [3.63, 3.8) is 0 Å². The summed E-state index contributed by atoms with van der Waals surface area (Å²) in [5, 5.41) is 9.25. The van der Waals surface area contributed by atoms with E-state index >= 15 is 0 Å². The standard InChI is InChI=1S/C15H17N3O5S/c1-3-23-14-5-4-12(8-13(14)15(19)20)24(21,22)18(2)10-11-9-16-6-7-17-11/h4-9H,3,10H2,1-2H3,(H,19,20). The minimum Gasteiger partial charge on any atom is -0.493 e. The summed E-state index contributed by atoms with van der Waals surface area (Å²) >= 11 is 0. The smallest absolute Gasteiger partial charge is 0.339 e. The van der Waals surface area contributed by atoms with Crippen molar-refractivity contribution in [1.82, 2.24) is 14.3 Å². The van der Waals surface area contributed by atoms with E-state index in [4.69, 9.17) is 4.74 Å². The van der Waals surface area contributed by atoms with Gasteiger partial charge < -0.3 is 9.84 Å². The lowest BCUT2D eigenvalue weighted by Crippen LogP contribution is -2.27. The van der Waals surface area contributed by atoms with E-state index in [0.29, 0.717) is 5.69 Å². The average Bonchev–Trinajstić information content (AvgIpc) is 2.56. The van der Waals surface area contributed by atoms with Gasteiger partial charge in [0.05, 0.1) is 23.7 Å². The molecule has 0 aliphatic carbocycles. The van der Waals surface area contributed by atoms with Gasteiger partial charge in [-0.2, -0.15) is 4.31 Å². The number of carboxylic acid groups (broad SMARTS) is 1. The first kappa shape index (κ1) is 17.8. The molecule has 24 heavy (non-hydrogen) atoms. The van der Waals surface area contributed by atoms with Crippen LogP contribution in [0.3, 0.4) is 0 Å². The fourth-order valence-electron chi connectivity index (χ4n) is 2.02. The van der Waals surface area contributed by atoms with Crippen molar-refractivity contribution in [2.45, 2.75) is 18.4 Å². The van der Waals surface area contributed by atoms with Gasteiger partial charge in [-0.1, -0.05) is 0 Å². The zero-order chi connectivity index (χ0) is 17.7. The number of carbonyl (C=O) groups is 1. The van der Waals surface area contributed by atoms with Crippen LogP contribution in [0.5, 0.6) is 5.75 Å². The van der Waals surface area contributed by atoms with Crippen molar-refractivity contribution < 1.29 is 23.1 Å². The highest BCUT2D eigenvalue weighted by molar-refractivity contribution is 7.89. The fourth-order valence-corrected chi connectivity index (χ4v) is 3.19. The molecule has 0 saturated heterocycles. The third-order valence-corrected chi connectivity index (χ3v) is 4.99.